The summed E-state index contributed by atoms with van der Waals surface area (Å²) in [6, 6.07) is 5.66. The minimum absolute atomic E-state index is 0.158. The maximum absolute atomic E-state index is 12.2. The molecule has 1 atom stereocenters. The molecule has 2 aromatic rings. The summed E-state index contributed by atoms with van der Waals surface area (Å²) in [7, 11) is 2.14. The Morgan fingerprint density at radius 1 is 1.36 bits per heavy atom. The molecular weight excluding hydrogens is 316 g/mol. The molecule has 1 aliphatic rings. The van der Waals surface area contributed by atoms with Crippen molar-refractivity contribution in [1.29, 1.82) is 0 Å². The monoisotopic (exact) mass is 342 g/mol. The highest BCUT2D eigenvalue weighted by molar-refractivity contribution is 5.88. The van der Waals surface area contributed by atoms with Gasteiger partial charge in [-0.2, -0.15) is 5.10 Å². The molecule has 0 saturated carbocycles. The Kier molecular flexibility index (Phi) is 5.65. The topological polar surface area (TPSA) is 75.1 Å². The van der Waals surface area contributed by atoms with Gasteiger partial charge in [0, 0.05) is 30.7 Å². The maximum atomic E-state index is 12.2. The number of hydrogen-bond acceptors (Lipinski definition) is 4. The smallest absolute Gasteiger partial charge is 0.320 e. The highest BCUT2D eigenvalue weighted by Gasteiger charge is 2.23. The van der Waals surface area contributed by atoms with Crippen molar-refractivity contribution in [1.82, 2.24) is 25.0 Å². The third-order valence-electron chi connectivity index (χ3n) is 4.78. The van der Waals surface area contributed by atoms with Crippen LogP contribution in [-0.4, -0.2) is 51.9 Å². The van der Waals surface area contributed by atoms with E-state index in [1.165, 1.54) is 0 Å². The molecule has 3 rings (SSSR count). The van der Waals surface area contributed by atoms with Gasteiger partial charge in [-0.05, 0) is 57.5 Å². The first-order valence-corrected chi connectivity index (χ1v) is 8.78. The van der Waals surface area contributed by atoms with Gasteiger partial charge in [-0.25, -0.2) is 4.79 Å². The van der Waals surface area contributed by atoms with E-state index in [2.05, 4.69) is 39.6 Å². The molecule has 1 saturated heterocycles. The van der Waals surface area contributed by atoms with Crippen LogP contribution >= 0.6 is 0 Å². The second kappa shape index (κ2) is 8.11. The molecular formula is C18H26N6O. The van der Waals surface area contributed by atoms with E-state index in [1.807, 2.05) is 24.5 Å². The SMILES string of the molecule is CC(NC(=O)Nc1ccn(Cc2cccnc2)n1)C1CCN(C)CC1. The number of rotatable bonds is 5. The normalized spacial score (nSPS) is 17.2. The van der Waals surface area contributed by atoms with E-state index in [0.29, 0.717) is 18.3 Å². The van der Waals surface area contributed by atoms with E-state index in [1.54, 1.807) is 16.9 Å². The molecule has 2 amide bonds. The predicted octanol–water partition coefficient (Wildman–Crippen LogP) is 2.18. The van der Waals surface area contributed by atoms with E-state index >= 15 is 0 Å². The lowest BCUT2D eigenvalue weighted by molar-refractivity contribution is 0.189. The average Bonchev–Trinajstić information content (AvgIpc) is 3.03. The molecule has 0 aliphatic carbocycles. The van der Waals surface area contributed by atoms with Gasteiger partial charge in [-0.1, -0.05) is 6.07 Å². The largest absolute Gasteiger partial charge is 0.335 e. The number of urea groups is 1. The summed E-state index contributed by atoms with van der Waals surface area (Å²) in [5.74, 6) is 1.09. The summed E-state index contributed by atoms with van der Waals surface area (Å²) in [6.07, 6.45) is 7.65. The van der Waals surface area contributed by atoms with Gasteiger partial charge in [0.15, 0.2) is 5.82 Å². The number of nitrogens with one attached hydrogen (secondary N) is 2. The van der Waals surface area contributed by atoms with Crippen LogP contribution in [-0.2, 0) is 6.54 Å². The van der Waals surface area contributed by atoms with E-state index in [9.17, 15) is 4.79 Å². The fourth-order valence-electron chi connectivity index (χ4n) is 3.20. The highest BCUT2D eigenvalue weighted by Crippen LogP contribution is 2.19. The third kappa shape index (κ3) is 5.03. The number of amides is 2. The molecule has 0 radical (unpaired) electrons. The Morgan fingerprint density at radius 2 is 2.16 bits per heavy atom. The van der Waals surface area contributed by atoms with Crippen LogP contribution in [0.15, 0.2) is 36.8 Å². The van der Waals surface area contributed by atoms with Gasteiger partial charge in [0.05, 0.1) is 6.54 Å². The molecule has 25 heavy (non-hydrogen) atoms. The van der Waals surface area contributed by atoms with Crippen molar-refractivity contribution in [3.63, 3.8) is 0 Å². The van der Waals surface area contributed by atoms with Crippen LogP contribution in [0.3, 0.4) is 0 Å². The number of likely N-dealkylation sites (tertiary alicyclic amines) is 1. The minimum Gasteiger partial charge on any atom is -0.335 e. The molecule has 1 fully saturated rings. The molecule has 7 heteroatoms. The zero-order chi connectivity index (χ0) is 17.6. The van der Waals surface area contributed by atoms with Crippen LogP contribution < -0.4 is 10.6 Å². The minimum atomic E-state index is -0.196. The van der Waals surface area contributed by atoms with Crippen LogP contribution in [0.1, 0.15) is 25.3 Å². The summed E-state index contributed by atoms with van der Waals surface area (Å²) in [6.45, 7) is 4.90. The van der Waals surface area contributed by atoms with Crippen LogP contribution in [0, 0.1) is 5.92 Å². The quantitative estimate of drug-likeness (QED) is 0.873. The number of carbonyl (C=O) groups is 1. The maximum Gasteiger partial charge on any atom is 0.320 e. The summed E-state index contributed by atoms with van der Waals surface area (Å²) in [5.41, 5.74) is 1.07. The number of anilines is 1. The molecule has 7 nitrogen and oxygen atoms in total. The molecule has 2 aromatic heterocycles. The van der Waals surface area contributed by atoms with Gasteiger partial charge in [0.1, 0.15) is 0 Å². The van der Waals surface area contributed by atoms with Crippen LogP contribution in [0.5, 0.6) is 0 Å². The van der Waals surface area contributed by atoms with Gasteiger partial charge < -0.3 is 10.2 Å². The van der Waals surface area contributed by atoms with Crippen molar-refractivity contribution in [2.24, 2.45) is 5.92 Å². The third-order valence-corrected chi connectivity index (χ3v) is 4.78. The Labute approximate surface area is 148 Å². The number of nitrogens with zero attached hydrogens (tertiary/aromatic N) is 4. The molecule has 0 aromatic carbocycles. The number of aromatic nitrogens is 3. The summed E-state index contributed by atoms with van der Waals surface area (Å²) in [4.78, 5) is 18.6. The average molecular weight is 342 g/mol. The standard InChI is InChI=1S/C18H26N6O/c1-14(16-5-9-23(2)10-6-16)20-18(25)21-17-7-11-24(22-17)13-15-4-3-8-19-12-15/h3-4,7-8,11-12,14,16H,5-6,9-10,13H2,1-2H3,(H2,20,21,22,25). The first-order valence-electron chi connectivity index (χ1n) is 8.78. The van der Waals surface area contributed by atoms with Crippen molar-refractivity contribution in [2.75, 3.05) is 25.5 Å². The second-order valence-electron chi connectivity index (χ2n) is 6.79. The molecule has 1 unspecified atom stereocenters. The highest BCUT2D eigenvalue weighted by atomic mass is 16.2. The summed E-state index contributed by atoms with van der Waals surface area (Å²) < 4.78 is 1.78. The van der Waals surface area contributed by atoms with Gasteiger partial charge in [0.25, 0.3) is 0 Å². The van der Waals surface area contributed by atoms with Crippen LogP contribution in [0.2, 0.25) is 0 Å². The van der Waals surface area contributed by atoms with E-state index < -0.39 is 0 Å². The first kappa shape index (κ1) is 17.4. The molecule has 0 spiro atoms. The molecule has 134 valence electrons. The van der Waals surface area contributed by atoms with E-state index in [0.717, 1.165) is 31.5 Å². The van der Waals surface area contributed by atoms with Crippen molar-refractivity contribution in [2.45, 2.75) is 32.4 Å². The van der Waals surface area contributed by atoms with Gasteiger partial charge in [-0.3, -0.25) is 15.0 Å². The van der Waals surface area contributed by atoms with E-state index in [-0.39, 0.29) is 12.1 Å². The molecule has 3 heterocycles. The number of carbonyl (C=O) groups excluding carboxylic acids is 1. The van der Waals surface area contributed by atoms with Crippen molar-refractivity contribution < 1.29 is 4.79 Å². The molecule has 1 aliphatic heterocycles. The number of hydrogen-bond donors (Lipinski definition) is 2. The van der Waals surface area contributed by atoms with Gasteiger partial charge >= 0.3 is 6.03 Å². The first-order chi connectivity index (χ1) is 12.1. The fraction of sp³-hybridized carbons (Fsp3) is 0.500. The number of pyridine rings is 1. The predicted molar refractivity (Wildman–Crippen MR) is 97.4 cm³/mol. The Balaban J connectivity index is 1.48. The second-order valence-corrected chi connectivity index (χ2v) is 6.79. The lowest BCUT2D eigenvalue weighted by atomic mass is 9.91. The number of piperidine rings is 1. The Hall–Kier alpha value is -2.41. The van der Waals surface area contributed by atoms with Gasteiger partial charge in [-0.15, -0.1) is 0 Å². The lowest BCUT2D eigenvalue weighted by Gasteiger charge is -2.32. The van der Waals surface area contributed by atoms with Gasteiger partial charge in [0.2, 0.25) is 0 Å². The van der Waals surface area contributed by atoms with Crippen molar-refractivity contribution in [3.8, 4) is 0 Å². The van der Waals surface area contributed by atoms with Crippen molar-refractivity contribution >= 4 is 11.8 Å². The zero-order valence-electron chi connectivity index (χ0n) is 14.9. The lowest BCUT2D eigenvalue weighted by Crippen LogP contribution is -2.44. The van der Waals surface area contributed by atoms with Crippen molar-refractivity contribution in [3.05, 3.63) is 42.4 Å². The summed E-state index contributed by atoms with van der Waals surface area (Å²) in [5, 5.41) is 10.2. The fourth-order valence-corrected chi connectivity index (χ4v) is 3.20. The van der Waals surface area contributed by atoms with Crippen LogP contribution in [0.4, 0.5) is 10.6 Å². The summed E-state index contributed by atoms with van der Waals surface area (Å²) >= 11 is 0. The van der Waals surface area contributed by atoms with Crippen LogP contribution in [0.25, 0.3) is 0 Å². The molecule has 2 N–H and O–H groups in total. The molecule has 0 bridgehead atoms. The zero-order valence-corrected chi connectivity index (χ0v) is 14.9. The Morgan fingerprint density at radius 3 is 2.88 bits per heavy atom. The Bertz CT molecular complexity index is 678. The van der Waals surface area contributed by atoms with E-state index in [4.69, 9.17) is 0 Å².